The fraction of sp³-hybridized carbons (Fsp3) is 0.833. The third kappa shape index (κ3) is 7.33. The molecule has 0 aliphatic heterocycles. The third-order valence-corrected chi connectivity index (χ3v) is 1.14. The van der Waals surface area contributed by atoms with Crippen LogP contribution in [0.1, 0.15) is 13.3 Å². The van der Waals surface area contributed by atoms with Crippen molar-refractivity contribution >= 4 is 5.97 Å². The first-order chi connectivity index (χ1) is 5.31. The van der Waals surface area contributed by atoms with E-state index in [4.69, 9.17) is 5.11 Å². The van der Waals surface area contributed by atoms with Gasteiger partial charge in [0.05, 0.1) is 13.0 Å². The van der Waals surface area contributed by atoms with E-state index in [2.05, 4.69) is 5.32 Å². The van der Waals surface area contributed by atoms with Crippen LogP contribution in [0.2, 0.25) is 0 Å². The second-order valence-corrected chi connectivity index (χ2v) is 2.49. The molecule has 0 spiro atoms. The van der Waals surface area contributed by atoms with Gasteiger partial charge in [0.15, 0.2) is 0 Å². The Hall–Kier alpha value is -0.780. The molecular weight excluding hydrogens is 175 g/mol. The van der Waals surface area contributed by atoms with E-state index in [1.54, 1.807) is 0 Å². The van der Waals surface area contributed by atoms with Crippen LogP contribution in [0, 0.1) is 0 Å². The van der Waals surface area contributed by atoms with Crippen LogP contribution in [0.25, 0.3) is 0 Å². The lowest BCUT2D eigenvalue weighted by Crippen LogP contribution is -2.34. The molecule has 12 heavy (non-hydrogen) atoms. The van der Waals surface area contributed by atoms with Crippen LogP contribution in [0.3, 0.4) is 0 Å². The van der Waals surface area contributed by atoms with E-state index in [1.165, 1.54) is 6.92 Å². The molecule has 2 N–H and O–H groups in total. The maximum Gasteiger partial charge on any atom is 0.390 e. The molecule has 72 valence electrons. The van der Waals surface area contributed by atoms with Crippen molar-refractivity contribution in [2.45, 2.75) is 25.6 Å². The van der Waals surface area contributed by atoms with E-state index in [-0.39, 0.29) is 0 Å². The third-order valence-electron chi connectivity index (χ3n) is 1.14. The molecule has 0 heterocycles. The number of rotatable bonds is 4. The summed E-state index contributed by atoms with van der Waals surface area (Å²) in [7, 11) is 0. The quantitative estimate of drug-likeness (QED) is 0.687. The first-order valence-corrected chi connectivity index (χ1v) is 3.33. The zero-order valence-electron chi connectivity index (χ0n) is 6.48. The van der Waals surface area contributed by atoms with Crippen molar-refractivity contribution in [1.82, 2.24) is 5.32 Å². The molecule has 0 saturated carbocycles. The Kier molecular flexibility index (Phi) is 4.02. The molecule has 3 nitrogen and oxygen atoms in total. The van der Waals surface area contributed by atoms with Crippen LogP contribution < -0.4 is 5.32 Å². The van der Waals surface area contributed by atoms with Gasteiger partial charge < -0.3 is 10.4 Å². The lowest BCUT2D eigenvalue weighted by atomic mass is 10.2. The van der Waals surface area contributed by atoms with Gasteiger partial charge in [-0.05, 0) is 6.92 Å². The fourth-order valence-corrected chi connectivity index (χ4v) is 0.681. The van der Waals surface area contributed by atoms with Crippen LogP contribution in [0.5, 0.6) is 0 Å². The first-order valence-electron chi connectivity index (χ1n) is 3.33. The molecule has 0 amide bonds. The van der Waals surface area contributed by atoms with E-state index in [1.807, 2.05) is 0 Å². The summed E-state index contributed by atoms with van der Waals surface area (Å²) >= 11 is 0. The van der Waals surface area contributed by atoms with E-state index in [9.17, 15) is 18.0 Å². The zero-order chi connectivity index (χ0) is 9.78. The molecule has 1 unspecified atom stereocenters. The van der Waals surface area contributed by atoms with Crippen molar-refractivity contribution < 1.29 is 23.1 Å². The minimum Gasteiger partial charge on any atom is -0.480 e. The molecule has 0 aromatic heterocycles. The van der Waals surface area contributed by atoms with Crippen molar-refractivity contribution in [1.29, 1.82) is 0 Å². The summed E-state index contributed by atoms with van der Waals surface area (Å²) in [6.45, 7) is 0.841. The molecular formula is C6H10F3NO2. The van der Waals surface area contributed by atoms with Gasteiger partial charge >= 0.3 is 12.1 Å². The van der Waals surface area contributed by atoms with Gasteiger partial charge in [-0.3, -0.25) is 4.79 Å². The number of hydrogen-bond donors (Lipinski definition) is 2. The molecule has 0 fully saturated rings. The van der Waals surface area contributed by atoms with Gasteiger partial charge in [-0.25, -0.2) is 0 Å². The lowest BCUT2D eigenvalue weighted by molar-refractivity contribution is -0.142. The molecule has 0 aromatic carbocycles. The number of halogens is 3. The van der Waals surface area contributed by atoms with E-state index in [0.717, 1.165) is 0 Å². The van der Waals surface area contributed by atoms with Crippen molar-refractivity contribution in [2.75, 3.05) is 6.54 Å². The average Bonchev–Trinajstić information content (AvgIpc) is 1.79. The largest absolute Gasteiger partial charge is 0.480 e. The highest BCUT2D eigenvalue weighted by Crippen LogP contribution is 2.20. The molecule has 0 aliphatic rings. The standard InChI is InChI=1S/C6H10F3NO2/c1-4(2-6(7,8)9)10-3-5(11)12/h4,10H,2-3H2,1H3,(H,11,12). The zero-order valence-corrected chi connectivity index (χ0v) is 6.48. The Morgan fingerprint density at radius 3 is 2.42 bits per heavy atom. The van der Waals surface area contributed by atoms with E-state index in [0.29, 0.717) is 0 Å². The predicted octanol–water partition coefficient (Wildman–Crippen LogP) is 1.00. The Morgan fingerprint density at radius 2 is 2.08 bits per heavy atom. The Morgan fingerprint density at radius 1 is 1.58 bits per heavy atom. The van der Waals surface area contributed by atoms with Gasteiger partial charge in [0.25, 0.3) is 0 Å². The second kappa shape index (κ2) is 4.30. The summed E-state index contributed by atoms with van der Waals surface area (Å²) in [5.74, 6) is -1.16. The maximum absolute atomic E-state index is 11.6. The van der Waals surface area contributed by atoms with Gasteiger partial charge in [0, 0.05) is 6.04 Å². The van der Waals surface area contributed by atoms with Crippen LogP contribution in [-0.4, -0.2) is 29.8 Å². The minimum absolute atomic E-state index is 0.447. The summed E-state index contributed by atoms with van der Waals surface area (Å²) in [5, 5.41) is 10.3. The molecule has 1 atom stereocenters. The highest BCUT2D eigenvalue weighted by molar-refractivity contribution is 5.69. The summed E-state index contributed by atoms with van der Waals surface area (Å²) in [5.41, 5.74) is 0. The highest BCUT2D eigenvalue weighted by atomic mass is 19.4. The molecule has 0 radical (unpaired) electrons. The van der Waals surface area contributed by atoms with Crippen molar-refractivity contribution in [3.63, 3.8) is 0 Å². The van der Waals surface area contributed by atoms with E-state index < -0.39 is 31.2 Å². The van der Waals surface area contributed by atoms with E-state index >= 15 is 0 Å². The highest BCUT2D eigenvalue weighted by Gasteiger charge is 2.29. The molecule has 0 bridgehead atoms. The molecule has 0 aliphatic carbocycles. The minimum atomic E-state index is -4.25. The Labute approximate surface area is 67.6 Å². The average molecular weight is 185 g/mol. The summed E-state index contributed by atoms with van der Waals surface area (Å²) in [4.78, 5) is 9.93. The SMILES string of the molecule is CC(CC(F)(F)F)NCC(=O)O. The number of hydrogen-bond acceptors (Lipinski definition) is 2. The lowest BCUT2D eigenvalue weighted by Gasteiger charge is -2.13. The summed E-state index contributed by atoms with van der Waals surface area (Å²) in [6.07, 6.45) is -5.26. The van der Waals surface area contributed by atoms with Crippen molar-refractivity contribution in [2.24, 2.45) is 0 Å². The number of carboxylic acids is 1. The fourth-order valence-electron chi connectivity index (χ4n) is 0.681. The normalized spacial score (nSPS) is 14.3. The predicted molar refractivity (Wildman–Crippen MR) is 35.8 cm³/mol. The van der Waals surface area contributed by atoms with Crippen molar-refractivity contribution in [3.05, 3.63) is 0 Å². The monoisotopic (exact) mass is 185 g/mol. The van der Waals surface area contributed by atoms with Gasteiger partial charge in [-0.15, -0.1) is 0 Å². The molecule has 6 heteroatoms. The summed E-state index contributed by atoms with van der Waals surface area (Å²) < 4.78 is 34.9. The first kappa shape index (κ1) is 11.2. The Balaban J connectivity index is 3.60. The second-order valence-electron chi connectivity index (χ2n) is 2.49. The molecule has 0 rings (SSSR count). The van der Waals surface area contributed by atoms with Gasteiger partial charge in [0.1, 0.15) is 0 Å². The van der Waals surface area contributed by atoms with Crippen LogP contribution in [0.15, 0.2) is 0 Å². The van der Waals surface area contributed by atoms with Crippen LogP contribution in [-0.2, 0) is 4.79 Å². The number of carboxylic acid groups (broad SMARTS) is 1. The van der Waals surface area contributed by atoms with Gasteiger partial charge in [0.2, 0.25) is 0 Å². The number of carbonyl (C=O) groups is 1. The van der Waals surface area contributed by atoms with Crippen molar-refractivity contribution in [3.8, 4) is 0 Å². The number of aliphatic carboxylic acids is 1. The topological polar surface area (TPSA) is 49.3 Å². The van der Waals surface area contributed by atoms with Gasteiger partial charge in [-0.1, -0.05) is 0 Å². The molecule has 0 saturated heterocycles. The van der Waals surface area contributed by atoms with Crippen LogP contribution >= 0.6 is 0 Å². The number of nitrogens with one attached hydrogen (secondary N) is 1. The maximum atomic E-state index is 11.6. The number of alkyl halides is 3. The summed E-state index contributed by atoms with van der Waals surface area (Å²) in [6, 6.07) is -0.860. The van der Waals surface area contributed by atoms with Crippen LogP contribution in [0.4, 0.5) is 13.2 Å². The van der Waals surface area contributed by atoms with Gasteiger partial charge in [-0.2, -0.15) is 13.2 Å². The smallest absolute Gasteiger partial charge is 0.390 e. The molecule has 0 aromatic rings. The Bertz CT molecular complexity index is 157.